The number of nitrogens with zero attached hydrogens (tertiary/aromatic N) is 2. The maximum absolute atomic E-state index is 6.14. The Balaban J connectivity index is 1.40. The lowest BCUT2D eigenvalue weighted by Gasteiger charge is -2.34. The summed E-state index contributed by atoms with van der Waals surface area (Å²) in [5, 5.41) is 3.97. The van der Waals surface area contributed by atoms with E-state index in [0.29, 0.717) is 31.3 Å². The van der Waals surface area contributed by atoms with Crippen LogP contribution >= 0.6 is 0 Å². The van der Waals surface area contributed by atoms with Crippen LogP contribution in [0.3, 0.4) is 0 Å². The average molecular weight is 267 g/mol. The molecule has 2 aliphatic rings. The highest BCUT2D eigenvalue weighted by molar-refractivity contribution is 5.08. The Morgan fingerprint density at radius 1 is 1.37 bits per heavy atom. The lowest BCUT2D eigenvalue weighted by atomic mass is 9.77. The van der Waals surface area contributed by atoms with Crippen molar-refractivity contribution in [2.75, 3.05) is 19.8 Å². The summed E-state index contributed by atoms with van der Waals surface area (Å²) in [7, 11) is 0. The average Bonchev–Trinajstić information content (AvgIpc) is 3.03. The molecule has 0 radical (unpaired) electrons. The lowest BCUT2D eigenvalue weighted by Crippen LogP contribution is -2.44. The molecule has 1 aliphatic heterocycles. The van der Waals surface area contributed by atoms with Gasteiger partial charge in [-0.1, -0.05) is 5.16 Å². The molecule has 3 rings (SSSR count). The van der Waals surface area contributed by atoms with E-state index in [1.165, 1.54) is 0 Å². The monoisotopic (exact) mass is 267 g/mol. The van der Waals surface area contributed by atoms with Gasteiger partial charge in [-0.2, -0.15) is 4.98 Å². The zero-order valence-electron chi connectivity index (χ0n) is 11.1. The summed E-state index contributed by atoms with van der Waals surface area (Å²) < 4.78 is 16.3. The highest BCUT2D eigenvalue weighted by Gasteiger charge is 2.38. The molecular weight excluding hydrogens is 246 g/mol. The predicted octanol–water partition coefficient (Wildman–Crippen LogP) is 1.15. The lowest BCUT2D eigenvalue weighted by molar-refractivity contribution is 0.0169. The van der Waals surface area contributed by atoms with Crippen LogP contribution in [0, 0.1) is 0 Å². The third kappa shape index (κ3) is 2.96. The molecule has 0 amide bonds. The van der Waals surface area contributed by atoms with Crippen LogP contribution in [-0.2, 0) is 21.4 Å². The molecule has 0 bridgehead atoms. The topological polar surface area (TPSA) is 83.4 Å². The molecule has 1 atom stereocenters. The van der Waals surface area contributed by atoms with E-state index in [1.54, 1.807) is 0 Å². The minimum absolute atomic E-state index is 0.264. The number of nitrogens with two attached hydrogens (primary N) is 1. The quantitative estimate of drug-likeness (QED) is 0.778. The van der Waals surface area contributed by atoms with Gasteiger partial charge in [0.25, 0.3) is 0 Å². The molecule has 0 spiro atoms. The first kappa shape index (κ1) is 13.0. The molecule has 1 aliphatic carbocycles. The van der Waals surface area contributed by atoms with Crippen molar-refractivity contribution in [3.8, 4) is 0 Å². The Bertz CT molecular complexity index is 411. The summed E-state index contributed by atoms with van der Waals surface area (Å²) in [5.74, 6) is 1.26. The van der Waals surface area contributed by atoms with Crippen LogP contribution < -0.4 is 5.73 Å². The SMILES string of the molecule is NC1(c2noc(CCOCC3CCCO3)n2)CCC1. The first-order valence-electron chi connectivity index (χ1n) is 7.08. The van der Waals surface area contributed by atoms with E-state index in [9.17, 15) is 0 Å². The molecule has 2 N–H and O–H groups in total. The molecule has 19 heavy (non-hydrogen) atoms. The van der Waals surface area contributed by atoms with E-state index in [4.69, 9.17) is 19.7 Å². The fourth-order valence-corrected chi connectivity index (χ4v) is 2.49. The van der Waals surface area contributed by atoms with Crippen molar-refractivity contribution >= 4 is 0 Å². The van der Waals surface area contributed by atoms with Gasteiger partial charge in [0, 0.05) is 6.61 Å². The molecule has 6 heteroatoms. The fourth-order valence-electron chi connectivity index (χ4n) is 2.49. The van der Waals surface area contributed by atoms with Crippen LogP contribution in [0.1, 0.15) is 43.8 Å². The Hall–Kier alpha value is -0.980. The Morgan fingerprint density at radius 2 is 2.26 bits per heavy atom. The molecular formula is C13H21N3O3. The van der Waals surface area contributed by atoms with Crippen molar-refractivity contribution in [1.82, 2.24) is 10.1 Å². The summed E-state index contributed by atoms with van der Waals surface area (Å²) in [6.07, 6.45) is 6.17. The zero-order chi connectivity index (χ0) is 13.1. The molecule has 1 aromatic rings. The smallest absolute Gasteiger partial charge is 0.229 e. The van der Waals surface area contributed by atoms with Crippen molar-refractivity contribution in [2.45, 2.75) is 50.2 Å². The van der Waals surface area contributed by atoms with Gasteiger partial charge >= 0.3 is 0 Å². The van der Waals surface area contributed by atoms with Gasteiger partial charge in [0.05, 0.1) is 31.3 Å². The van der Waals surface area contributed by atoms with Gasteiger partial charge in [0.2, 0.25) is 5.89 Å². The number of ether oxygens (including phenoxy) is 2. The Labute approximate surface area is 112 Å². The highest BCUT2D eigenvalue weighted by Crippen LogP contribution is 2.36. The maximum atomic E-state index is 6.14. The highest BCUT2D eigenvalue weighted by atomic mass is 16.5. The Morgan fingerprint density at radius 3 is 2.95 bits per heavy atom. The van der Waals surface area contributed by atoms with E-state index >= 15 is 0 Å². The largest absolute Gasteiger partial charge is 0.378 e. The third-order valence-corrected chi connectivity index (χ3v) is 3.95. The normalized spacial score (nSPS) is 25.4. The van der Waals surface area contributed by atoms with Gasteiger partial charge in [-0.3, -0.25) is 0 Å². The van der Waals surface area contributed by atoms with E-state index in [1.807, 2.05) is 0 Å². The molecule has 1 unspecified atom stereocenters. The molecule has 106 valence electrons. The molecule has 2 heterocycles. The zero-order valence-corrected chi connectivity index (χ0v) is 11.1. The molecule has 6 nitrogen and oxygen atoms in total. The number of rotatable bonds is 6. The van der Waals surface area contributed by atoms with Crippen molar-refractivity contribution in [3.63, 3.8) is 0 Å². The molecule has 0 aromatic carbocycles. The van der Waals surface area contributed by atoms with Crippen LogP contribution in [0.4, 0.5) is 0 Å². The van der Waals surface area contributed by atoms with Gasteiger partial charge in [-0.05, 0) is 32.1 Å². The van der Waals surface area contributed by atoms with E-state index in [-0.39, 0.29) is 11.6 Å². The maximum Gasteiger partial charge on any atom is 0.229 e. The van der Waals surface area contributed by atoms with E-state index < -0.39 is 0 Å². The number of hydrogen-bond donors (Lipinski definition) is 1. The molecule has 2 fully saturated rings. The van der Waals surface area contributed by atoms with Gasteiger partial charge in [0.1, 0.15) is 0 Å². The van der Waals surface area contributed by atoms with Crippen molar-refractivity contribution < 1.29 is 14.0 Å². The molecule has 1 saturated carbocycles. The minimum atomic E-state index is -0.347. The van der Waals surface area contributed by atoms with Crippen LogP contribution in [0.15, 0.2) is 4.52 Å². The van der Waals surface area contributed by atoms with Crippen LogP contribution in [0.25, 0.3) is 0 Å². The summed E-state index contributed by atoms with van der Waals surface area (Å²) in [4.78, 5) is 4.36. The number of hydrogen-bond acceptors (Lipinski definition) is 6. The van der Waals surface area contributed by atoms with Crippen LogP contribution in [0.2, 0.25) is 0 Å². The molecule has 1 saturated heterocycles. The van der Waals surface area contributed by atoms with Crippen molar-refractivity contribution in [1.29, 1.82) is 0 Å². The van der Waals surface area contributed by atoms with Crippen LogP contribution in [-0.4, -0.2) is 36.1 Å². The van der Waals surface area contributed by atoms with Gasteiger partial charge in [-0.25, -0.2) is 0 Å². The second-order valence-corrected chi connectivity index (χ2v) is 5.48. The van der Waals surface area contributed by atoms with Crippen molar-refractivity contribution in [3.05, 3.63) is 11.7 Å². The summed E-state index contributed by atoms with van der Waals surface area (Å²) in [6, 6.07) is 0. The van der Waals surface area contributed by atoms with E-state index in [2.05, 4.69) is 10.1 Å². The van der Waals surface area contributed by atoms with Crippen LogP contribution in [0.5, 0.6) is 0 Å². The second kappa shape index (κ2) is 5.56. The van der Waals surface area contributed by atoms with Gasteiger partial charge in [0.15, 0.2) is 5.82 Å². The Kier molecular flexibility index (Phi) is 3.81. The minimum Gasteiger partial charge on any atom is -0.378 e. The third-order valence-electron chi connectivity index (χ3n) is 3.95. The summed E-state index contributed by atoms with van der Waals surface area (Å²) >= 11 is 0. The van der Waals surface area contributed by atoms with Crippen molar-refractivity contribution in [2.24, 2.45) is 5.73 Å². The van der Waals surface area contributed by atoms with Gasteiger partial charge in [-0.15, -0.1) is 0 Å². The second-order valence-electron chi connectivity index (χ2n) is 5.48. The van der Waals surface area contributed by atoms with E-state index in [0.717, 1.165) is 38.7 Å². The van der Waals surface area contributed by atoms with Gasteiger partial charge < -0.3 is 19.7 Å². The standard InChI is InChI=1S/C13H21N3O3/c14-13(5-2-6-13)12-15-11(19-16-12)4-8-17-9-10-3-1-7-18-10/h10H,1-9,14H2. The summed E-state index contributed by atoms with van der Waals surface area (Å²) in [5.41, 5.74) is 5.80. The molecule has 1 aromatic heterocycles. The summed E-state index contributed by atoms with van der Waals surface area (Å²) in [6.45, 7) is 2.10. The number of aromatic nitrogens is 2. The fraction of sp³-hybridized carbons (Fsp3) is 0.846. The first-order chi connectivity index (χ1) is 9.26. The predicted molar refractivity (Wildman–Crippen MR) is 67.5 cm³/mol. The first-order valence-corrected chi connectivity index (χ1v) is 7.08.